The van der Waals surface area contributed by atoms with E-state index in [9.17, 15) is 4.79 Å². The maximum absolute atomic E-state index is 11.1. The van der Waals surface area contributed by atoms with Crippen molar-refractivity contribution in [2.24, 2.45) is 0 Å². The molecule has 1 aliphatic rings. The molecule has 1 N–H and O–H groups in total. The van der Waals surface area contributed by atoms with Crippen molar-refractivity contribution in [2.45, 2.75) is 39.3 Å². The first-order valence-electron chi connectivity index (χ1n) is 6.89. The van der Waals surface area contributed by atoms with E-state index < -0.39 is 0 Å². The monoisotopic (exact) mass is 274 g/mol. The lowest BCUT2D eigenvalue weighted by atomic mass is 10.2. The number of ether oxygens (including phenoxy) is 1. The lowest BCUT2D eigenvalue weighted by molar-refractivity contribution is -0.114. The highest BCUT2D eigenvalue weighted by atomic mass is 16.5. The van der Waals surface area contributed by atoms with Crippen LogP contribution in [0.25, 0.3) is 10.9 Å². The van der Waals surface area contributed by atoms with E-state index in [1.165, 1.54) is 6.92 Å². The van der Waals surface area contributed by atoms with Gasteiger partial charge in [-0.1, -0.05) is 0 Å². The van der Waals surface area contributed by atoms with Crippen LogP contribution >= 0.6 is 0 Å². The number of anilines is 1. The summed E-state index contributed by atoms with van der Waals surface area (Å²) in [6, 6.07) is 1.86. The second-order valence-electron chi connectivity index (χ2n) is 5.12. The molecule has 6 nitrogen and oxygen atoms in total. The number of aromatic nitrogens is 3. The van der Waals surface area contributed by atoms with Gasteiger partial charge in [0.15, 0.2) is 6.23 Å². The summed E-state index contributed by atoms with van der Waals surface area (Å²) in [6.45, 7) is 4.20. The fraction of sp³-hybridized carbons (Fsp3) is 0.500. The molecule has 20 heavy (non-hydrogen) atoms. The minimum atomic E-state index is -0.131. The lowest BCUT2D eigenvalue weighted by Gasteiger charge is -2.23. The number of carbonyl (C=O) groups is 1. The maximum atomic E-state index is 11.1. The summed E-state index contributed by atoms with van der Waals surface area (Å²) >= 11 is 0. The van der Waals surface area contributed by atoms with Crippen molar-refractivity contribution >= 4 is 22.6 Å². The zero-order chi connectivity index (χ0) is 14.1. The molecule has 1 amide bonds. The van der Waals surface area contributed by atoms with E-state index >= 15 is 0 Å². The van der Waals surface area contributed by atoms with Gasteiger partial charge in [0.25, 0.3) is 0 Å². The lowest BCUT2D eigenvalue weighted by Crippen LogP contribution is -2.19. The molecule has 0 aliphatic carbocycles. The number of rotatable bonds is 2. The smallest absolute Gasteiger partial charge is 0.222 e. The van der Waals surface area contributed by atoms with Gasteiger partial charge in [0.1, 0.15) is 5.82 Å². The Morgan fingerprint density at radius 2 is 2.35 bits per heavy atom. The van der Waals surface area contributed by atoms with Crippen LogP contribution < -0.4 is 5.32 Å². The SMILES string of the molecule is CC(=O)Nc1cc2c(cn1)c(C)nn2C1CCCCO1. The van der Waals surface area contributed by atoms with E-state index in [0.29, 0.717) is 5.82 Å². The van der Waals surface area contributed by atoms with Crippen LogP contribution in [0.3, 0.4) is 0 Å². The Balaban J connectivity index is 2.04. The molecule has 1 saturated heterocycles. The normalized spacial score (nSPS) is 19.2. The summed E-state index contributed by atoms with van der Waals surface area (Å²) in [5.74, 6) is 0.413. The topological polar surface area (TPSA) is 69.0 Å². The Morgan fingerprint density at radius 1 is 1.50 bits per heavy atom. The summed E-state index contributed by atoms with van der Waals surface area (Å²) in [5, 5.41) is 8.27. The van der Waals surface area contributed by atoms with Crippen LogP contribution in [0, 0.1) is 6.92 Å². The quantitative estimate of drug-likeness (QED) is 0.913. The van der Waals surface area contributed by atoms with Crippen molar-refractivity contribution in [2.75, 3.05) is 11.9 Å². The van der Waals surface area contributed by atoms with Gasteiger partial charge in [-0.05, 0) is 26.2 Å². The first-order valence-corrected chi connectivity index (χ1v) is 6.89. The van der Waals surface area contributed by atoms with E-state index in [0.717, 1.165) is 42.5 Å². The van der Waals surface area contributed by atoms with Crippen LogP contribution in [-0.4, -0.2) is 27.3 Å². The third kappa shape index (κ3) is 2.38. The van der Waals surface area contributed by atoms with Crippen LogP contribution in [-0.2, 0) is 9.53 Å². The molecule has 0 spiro atoms. The molecule has 1 aliphatic heterocycles. The first kappa shape index (κ1) is 13.1. The number of nitrogens with one attached hydrogen (secondary N) is 1. The molecular weight excluding hydrogens is 256 g/mol. The predicted molar refractivity (Wildman–Crippen MR) is 75.4 cm³/mol. The summed E-state index contributed by atoms with van der Waals surface area (Å²) < 4.78 is 7.71. The van der Waals surface area contributed by atoms with Crippen molar-refractivity contribution in [3.05, 3.63) is 18.0 Å². The van der Waals surface area contributed by atoms with Gasteiger partial charge in [-0.3, -0.25) is 4.79 Å². The Hall–Kier alpha value is -1.95. The van der Waals surface area contributed by atoms with Crippen molar-refractivity contribution in [1.82, 2.24) is 14.8 Å². The van der Waals surface area contributed by atoms with Crippen LogP contribution in [0.2, 0.25) is 0 Å². The highest BCUT2D eigenvalue weighted by Gasteiger charge is 2.20. The number of carbonyl (C=O) groups excluding carboxylic acids is 1. The fourth-order valence-corrected chi connectivity index (χ4v) is 2.57. The van der Waals surface area contributed by atoms with E-state index in [2.05, 4.69) is 15.4 Å². The van der Waals surface area contributed by atoms with Gasteiger partial charge < -0.3 is 10.1 Å². The Bertz CT molecular complexity index is 644. The predicted octanol–water partition coefficient (Wildman–Crippen LogP) is 2.40. The number of hydrogen-bond donors (Lipinski definition) is 1. The highest BCUT2D eigenvalue weighted by molar-refractivity contribution is 5.91. The number of nitrogens with zero attached hydrogens (tertiary/aromatic N) is 3. The van der Waals surface area contributed by atoms with E-state index in [-0.39, 0.29) is 12.1 Å². The van der Waals surface area contributed by atoms with Gasteiger partial charge in [-0.15, -0.1) is 0 Å². The van der Waals surface area contributed by atoms with Gasteiger partial charge in [-0.2, -0.15) is 5.10 Å². The Labute approximate surface area is 117 Å². The molecule has 1 unspecified atom stereocenters. The third-order valence-electron chi connectivity index (χ3n) is 3.51. The summed E-state index contributed by atoms with van der Waals surface area (Å²) in [7, 11) is 0. The molecule has 3 rings (SSSR count). The Kier molecular flexibility index (Phi) is 3.40. The molecule has 1 atom stereocenters. The molecule has 2 aromatic heterocycles. The van der Waals surface area contributed by atoms with Crippen molar-refractivity contribution in [3.63, 3.8) is 0 Å². The number of amides is 1. The van der Waals surface area contributed by atoms with Crippen molar-refractivity contribution in [1.29, 1.82) is 0 Å². The minimum Gasteiger partial charge on any atom is -0.356 e. The molecule has 0 bridgehead atoms. The van der Waals surface area contributed by atoms with Crippen LogP contribution in [0.15, 0.2) is 12.3 Å². The number of hydrogen-bond acceptors (Lipinski definition) is 4. The van der Waals surface area contributed by atoms with Crippen LogP contribution in [0.4, 0.5) is 5.82 Å². The summed E-state index contributed by atoms with van der Waals surface area (Å²) in [5.41, 5.74) is 1.88. The van der Waals surface area contributed by atoms with E-state index in [1.54, 1.807) is 6.20 Å². The molecular formula is C14H18N4O2. The summed E-state index contributed by atoms with van der Waals surface area (Å²) in [6.07, 6.45) is 4.95. The molecule has 0 aromatic carbocycles. The number of aryl methyl sites for hydroxylation is 1. The zero-order valence-corrected chi connectivity index (χ0v) is 11.7. The van der Waals surface area contributed by atoms with Crippen molar-refractivity contribution < 1.29 is 9.53 Å². The molecule has 0 radical (unpaired) electrons. The average Bonchev–Trinajstić information content (AvgIpc) is 2.76. The van der Waals surface area contributed by atoms with Crippen molar-refractivity contribution in [3.8, 4) is 0 Å². The molecule has 3 heterocycles. The number of fused-ring (bicyclic) bond motifs is 1. The van der Waals surface area contributed by atoms with Gasteiger partial charge in [-0.25, -0.2) is 9.67 Å². The maximum Gasteiger partial charge on any atom is 0.222 e. The van der Waals surface area contributed by atoms with Gasteiger partial charge in [0.2, 0.25) is 5.91 Å². The minimum absolute atomic E-state index is 0.0208. The molecule has 1 fully saturated rings. The van der Waals surface area contributed by atoms with Gasteiger partial charge in [0.05, 0.1) is 11.2 Å². The first-order chi connectivity index (χ1) is 9.65. The third-order valence-corrected chi connectivity index (χ3v) is 3.51. The standard InChI is InChI=1S/C14H18N4O2/c1-9-11-8-15-13(16-10(2)19)7-12(11)18(17-9)14-5-3-4-6-20-14/h7-8,14H,3-6H2,1-2H3,(H,15,16,19). The summed E-state index contributed by atoms with van der Waals surface area (Å²) in [4.78, 5) is 15.4. The van der Waals surface area contributed by atoms with Gasteiger partial charge >= 0.3 is 0 Å². The highest BCUT2D eigenvalue weighted by Crippen LogP contribution is 2.28. The Morgan fingerprint density at radius 3 is 3.05 bits per heavy atom. The zero-order valence-electron chi connectivity index (χ0n) is 11.7. The largest absolute Gasteiger partial charge is 0.356 e. The van der Waals surface area contributed by atoms with Gasteiger partial charge in [0, 0.05) is 31.2 Å². The number of pyridine rings is 1. The second kappa shape index (κ2) is 5.20. The molecule has 6 heteroatoms. The van der Waals surface area contributed by atoms with E-state index in [4.69, 9.17) is 4.74 Å². The second-order valence-corrected chi connectivity index (χ2v) is 5.12. The van der Waals surface area contributed by atoms with Crippen LogP contribution in [0.1, 0.15) is 38.1 Å². The van der Waals surface area contributed by atoms with E-state index in [1.807, 2.05) is 17.7 Å². The molecule has 106 valence electrons. The fourth-order valence-electron chi connectivity index (χ4n) is 2.57. The molecule has 2 aromatic rings. The average molecular weight is 274 g/mol. The molecule has 0 saturated carbocycles. The van der Waals surface area contributed by atoms with Crippen LogP contribution in [0.5, 0.6) is 0 Å².